The molecule has 0 aliphatic heterocycles. The van der Waals surface area contributed by atoms with Crippen LogP contribution in [-0.2, 0) is 15.6 Å². The van der Waals surface area contributed by atoms with Crippen molar-refractivity contribution in [3.63, 3.8) is 0 Å². The van der Waals surface area contributed by atoms with Gasteiger partial charge >= 0.3 is 0 Å². The first kappa shape index (κ1) is 14.6. The Hall–Kier alpha value is -2.35. The largest absolute Gasteiger partial charge is 0.269 e. The van der Waals surface area contributed by atoms with Crippen molar-refractivity contribution < 1.29 is 12.8 Å². The summed E-state index contributed by atoms with van der Waals surface area (Å²) in [4.78, 5) is 8.16. The zero-order valence-corrected chi connectivity index (χ0v) is 12.8. The van der Waals surface area contributed by atoms with E-state index in [1.165, 1.54) is 28.8 Å². The van der Waals surface area contributed by atoms with Gasteiger partial charge in [-0.2, -0.15) is 4.98 Å². The van der Waals surface area contributed by atoms with E-state index in [0.717, 1.165) is 11.4 Å². The first-order chi connectivity index (χ1) is 10.3. The Morgan fingerprint density at radius 3 is 2.50 bits per heavy atom. The molecular weight excluding hydrogens is 307 g/mol. The number of halogens is 1. The van der Waals surface area contributed by atoms with Crippen LogP contribution in [0.15, 0.2) is 35.5 Å². The Kier molecular flexibility index (Phi) is 3.40. The fraction of sp³-hybridized carbons (Fsp3) is 0.214. The quantitative estimate of drug-likeness (QED) is 0.736. The van der Waals surface area contributed by atoms with Crippen LogP contribution in [0.5, 0.6) is 0 Å². The number of aryl methyl sites for hydroxylation is 2. The van der Waals surface area contributed by atoms with Gasteiger partial charge in [-0.25, -0.2) is 22.3 Å². The lowest BCUT2D eigenvalue weighted by Crippen LogP contribution is -2.07. The van der Waals surface area contributed by atoms with Gasteiger partial charge in [0.15, 0.2) is 0 Å². The summed E-state index contributed by atoms with van der Waals surface area (Å²) in [5.74, 6) is -0.458. The molecule has 0 spiro atoms. The minimum atomic E-state index is -3.72. The highest BCUT2D eigenvalue weighted by atomic mass is 32.2. The SMILES string of the molecule is Cc1cc(C)n2nc(S(=O)(=O)Cc3ccc(F)cc3)nc2n1. The molecular formula is C14H13FN4O2S. The van der Waals surface area contributed by atoms with Crippen LogP contribution in [0.3, 0.4) is 0 Å². The van der Waals surface area contributed by atoms with Crippen LogP contribution in [0.1, 0.15) is 17.0 Å². The molecule has 3 aromatic rings. The highest BCUT2D eigenvalue weighted by Gasteiger charge is 2.22. The molecule has 0 aliphatic carbocycles. The summed E-state index contributed by atoms with van der Waals surface area (Å²) in [6, 6.07) is 7.08. The number of aromatic nitrogens is 4. The lowest BCUT2D eigenvalue weighted by Gasteiger charge is -2.00. The van der Waals surface area contributed by atoms with Gasteiger partial charge < -0.3 is 0 Å². The van der Waals surface area contributed by atoms with E-state index in [0.29, 0.717) is 5.56 Å². The molecule has 0 aliphatic rings. The second-order valence-corrected chi connectivity index (χ2v) is 6.91. The molecule has 0 radical (unpaired) electrons. The molecule has 8 heteroatoms. The monoisotopic (exact) mass is 320 g/mol. The van der Waals surface area contributed by atoms with Gasteiger partial charge in [-0.1, -0.05) is 12.1 Å². The maximum absolute atomic E-state index is 12.9. The smallest absolute Gasteiger partial charge is 0.220 e. The molecule has 6 nitrogen and oxygen atoms in total. The predicted molar refractivity (Wildman–Crippen MR) is 77.5 cm³/mol. The molecule has 0 bridgehead atoms. The Balaban J connectivity index is 2.02. The van der Waals surface area contributed by atoms with Crippen LogP contribution in [0.2, 0.25) is 0 Å². The van der Waals surface area contributed by atoms with Gasteiger partial charge in [-0.05, 0) is 37.6 Å². The van der Waals surface area contributed by atoms with E-state index in [-0.39, 0.29) is 16.7 Å². The normalized spacial score (nSPS) is 12.0. The third-order valence-corrected chi connectivity index (χ3v) is 4.59. The molecule has 2 aromatic heterocycles. The Morgan fingerprint density at radius 2 is 1.82 bits per heavy atom. The van der Waals surface area contributed by atoms with Crippen LogP contribution >= 0.6 is 0 Å². The van der Waals surface area contributed by atoms with Crippen LogP contribution in [0.4, 0.5) is 4.39 Å². The van der Waals surface area contributed by atoms with E-state index >= 15 is 0 Å². The summed E-state index contributed by atoms with van der Waals surface area (Å²) in [5, 5.41) is 3.74. The third-order valence-electron chi connectivity index (χ3n) is 3.15. The molecule has 0 atom stereocenters. The van der Waals surface area contributed by atoms with Crippen molar-refractivity contribution in [2.24, 2.45) is 0 Å². The average molecular weight is 320 g/mol. The lowest BCUT2D eigenvalue weighted by atomic mass is 10.2. The molecule has 1 aromatic carbocycles. The number of benzene rings is 1. The molecule has 0 saturated heterocycles. The molecule has 0 N–H and O–H groups in total. The Bertz CT molecular complexity index is 949. The average Bonchev–Trinajstić information content (AvgIpc) is 2.86. The van der Waals surface area contributed by atoms with E-state index < -0.39 is 15.7 Å². The van der Waals surface area contributed by atoms with Crippen molar-refractivity contribution in [2.75, 3.05) is 0 Å². The molecule has 0 unspecified atom stereocenters. The Morgan fingerprint density at radius 1 is 1.14 bits per heavy atom. The van der Waals surface area contributed by atoms with Crippen molar-refractivity contribution >= 4 is 15.6 Å². The van der Waals surface area contributed by atoms with Gasteiger partial charge in [0, 0.05) is 11.4 Å². The second-order valence-electron chi connectivity index (χ2n) is 5.03. The molecule has 22 heavy (non-hydrogen) atoms. The number of fused-ring (bicyclic) bond motifs is 1. The van der Waals surface area contributed by atoms with Crippen molar-refractivity contribution in [2.45, 2.75) is 24.8 Å². The summed E-state index contributed by atoms with van der Waals surface area (Å²) in [7, 11) is -3.72. The Labute approximate surface area is 126 Å². The summed E-state index contributed by atoms with van der Waals surface area (Å²) in [6.45, 7) is 3.60. The molecule has 3 rings (SSSR count). The zero-order valence-electron chi connectivity index (χ0n) is 12.0. The molecule has 0 fully saturated rings. The second kappa shape index (κ2) is 5.13. The topological polar surface area (TPSA) is 77.2 Å². The molecule has 0 amide bonds. The van der Waals surface area contributed by atoms with E-state index in [9.17, 15) is 12.8 Å². The zero-order chi connectivity index (χ0) is 15.9. The van der Waals surface area contributed by atoms with Crippen molar-refractivity contribution in [1.82, 2.24) is 19.6 Å². The minimum absolute atomic E-state index is 0.246. The lowest BCUT2D eigenvalue weighted by molar-refractivity contribution is 0.585. The summed E-state index contributed by atoms with van der Waals surface area (Å²) < 4.78 is 39.1. The first-order valence-corrected chi connectivity index (χ1v) is 8.18. The third kappa shape index (κ3) is 2.69. The fourth-order valence-corrected chi connectivity index (χ4v) is 3.33. The van der Waals surface area contributed by atoms with Crippen LogP contribution in [0, 0.1) is 19.7 Å². The number of rotatable bonds is 3. The van der Waals surface area contributed by atoms with E-state index in [2.05, 4.69) is 15.1 Å². The van der Waals surface area contributed by atoms with Gasteiger partial charge in [-0.15, -0.1) is 5.10 Å². The van der Waals surface area contributed by atoms with Crippen LogP contribution < -0.4 is 0 Å². The maximum Gasteiger partial charge on any atom is 0.269 e. The fourth-order valence-electron chi connectivity index (χ4n) is 2.14. The summed E-state index contributed by atoms with van der Waals surface area (Å²) in [5.41, 5.74) is 1.96. The van der Waals surface area contributed by atoms with E-state index in [4.69, 9.17) is 0 Å². The van der Waals surface area contributed by atoms with E-state index in [1.807, 2.05) is 0 Å². The summed E-state index contributed by atoms with van der Waals surface area (Å²) >= 11 is 0. The highest BCUT2D eigenvalue weighted by molar-refractivity contribution is 7.90. The number of hydrogen-bond donors (Lipinski definition) is 0. The predicted octanol–water partition coefficient (Wildman–Crippen LogP) is 1.85. The molecule has 114 valence electrons. The van der Waals surface area contributed by atoms with Gasteiger partial charge in [0.05, 0.1) is 5.75 Å². The van der Waals surface area contributed by atoms with Gasteiger partial charge in [0.2, 0.25) is 9.84 Å². The van der Waals surface area contributed by atoms with Crippen molar-refractivity contribution in [3.05, 3.63) is 53.1 Å². The van der Waals surface area contributed by atoms with Gasteiger partial charge in [0.1, 0.15) is 5.82 Å². The van der Waals surface area contributed by atoms with E-state index in [1.54, 1.807) is 19.9 Å². The standard InChI is InChI=1S/C14H13FN4O2S/c1-9-7-10(2)19-13(16-9)17-14(18-19)22(20,21)8-11-3-5-12(15)6-4-11/h3-7H,8H2,1-2H3. The van der Waals surface area contributed by atoms with Crippen LogP contribution in [-0.4, -0.2) is 28.0 Å². The first-order valence-electron chi connectivity index (χ1n) is 6.53. The van der Waals surface area contributed by atoms with Crippen molar-refractivity contribution in [3.8, 4) is 0 Å². The van der Waals surface area contributed by atoms with Gasteiger partial charge in [0.25, 0.3) is 10.9 Å². The number of nitrogens with zero attached hydrogens (tertiary/aromatic N) is 4. The minimum Gasteiger partial charge on any atom is -0.220 e. The van der Waals surface area contributed by atoms with Crippen LogP contribution in [0.25, 0.3) is 5.78 Å². The van der Waals surface area contributed by atoms with Crippen molar-refractivity contribution in [1.29, 1.82) is 0 Å². The van der Waals surface area contributed by atoms with Gasteiger partial charge in [-0.3, -0.25) is 0 Å². The summed E-state index contributed by atoms with van der Waals surface area (Å²) in [6.07, 6.45) is 0. The molecule has 0 saturated carbocycles. The number of hydrogen-bond acceptors (Lipinski definition) is 5. The molecule has 2 heterocycles. The number of sulfone groups is 1. The maximum atomic E-state index is 12.9. The highest BCUT2D eigenvalue weighted by Crippen LogP contribution is 2.15.